The number of carbonyl (C=O) groups is 2. The van der Waals surface area contributed by atoms with Crippen LogP contribution in [0, 0.1) is 22.7 Å². The molecule has 0 aromatic heterocycles. The van der Waals surface area contributed by atoms with Crippen LogP contribution in [0.2, 0.25) is 0 Å². The third-order valence-corrected chi connectivity index (χ3v) is 6.91. The van der Waals surface area contributed by atoms with Crippen LogP contribution >= 0.6 is 0 Å². The van der Waals surface area contributed by atoms with Crippen molar-refractivity contribution in [3.8, 4) is 0 Å². The number of hydrazone groups is 1. The number of amidine groups is 1. The molecule has 0 saturated carbocycles. The summed E-state index contributed by atoms with van der Waals surface area (Å²) in [6.07, 6.45) is 2.16. The zero-order valence-corrected chi connectivity index (χ0v) is 24.2. The van der Waals surface area contributed by atoms with Crippen LogP contribution in [0.25, 0.3) is 0 Å². The average molecular weight is 550 g/mol. The fourth-order valence-corrected chi connectivity index (χ4v) is 5.14. The molecule has 3 rings (SSSR count). The van der Waals surface area contributed by atoms with Crippen LogP contribution < -0.4 is 11.2 Å². The number of carbonyl (C=O) groups excluding carboxylic acids is 2. The van der Waals surface area contributed by atoms with Crippen LogP contribution in [0.5, 0.6) is 0 Å². The van der Waals surface area contributed by atoms with Gasteiger partial charge < -0.3 is 16.1 Å². The summed E-state index contributed by atoms with van der Waals surface area (Å²) in [4.78, 5) is 33.6. The molecule has 4 N–H and O–H groups in total. The van der Waals surface area contributed by atoms with E-state index in [4.69, 9.17) is 16.4 Å². The van der Waals surface area contributed by atoms with Gasteiger partial charge in [-0.1, -0.05) is 58.9 Å². The number of aliphatic imine (C=N–C) groups is 1. The molecule has 0 bridgehead atoms. The van der Waals surface area contributed by atoms with Gasteiger partial charge in [0.15, 0.2) is 5.84 Å². The van der Waals surface area contributed by atoms with E-state index in [1.165, 1.54) is 12.1 Å². The number of nitrogens with zero attached hydrogens (tertiary/aromatic N) is 4. The molecule has 0 aliphatic carbocycles. The summed E-state index contributed by atoms with van der Waals surface area (Å²) in [7, 11) is 0. The Morgan fingerprint density at radius 3 is 2.42 bits per heavy atom. The molecule has 40 heavy (non-hydrogen) atoms. The molecule has 2 aromatic rings. The zero-order valence-electron chi connectivity index (χ0n) is 24.2. The van der Waals surface area contributed by atoms with Crippen molar-refractivity contribution in [3.05, 3.63) is 71.0 Å². The molecule has 2 atom stereocenters. The smallest absolute Gasteiger partial charge is 0.275 e. The highest BCUT2D eigenvalue weighted by Crippen LogP contribution is 2.42. The lowest BCUT2D eigenvalue weighted by Gasteiger charge is -2.41. The summed E-state index contributed by atoms with van der Waals surface area (Å²) in [5, 5.41) is 9.15. The third kappa shape index (κ3) is 7.37. The Bertz CT molecular complexity index is 1300. The number of rotatable bonds is 10. The minimum atomic E-state index is -0.830. The first kappa shape index (κ1) is 30.6. The first-order valence-corrected chi connectivity index (χ1v) is 13.5. The van der Waals surface area contributed by atoms with Gasteiger partial charge in [0.25, 0.3) is 11.8 Å². The highest BCUT2D eigenvalue weighted by Gasteiger charge is 2.48. The van der Waals surface area contributed by atoms with Crippen LogP contribution in [-0.4, -0.2) is 40.5 Å². The fourth-order valence-electron chi connectivity index (χ4n) is 5.14. The molecule has 2 aromatic carbocycles. The van der Waals surface area contributed by atoms with Crippen molar-refractivity contribution in [2.45, 2.75) is 72.5 Å². The molecule has 1 heterocycles. The molecule has 214 valence electrons. The summed E-state index contributed by atoms with van der Waals surface area (Å²) in [6, 6.07) is 12.8. The molecule has 9 nitrogen and oxygen atoms in total. The number of hydrogen-bond acceptors (Lipinski definition) is 6. The van der Waals surface area contributed by atoms with Gasteiger partial charge in [-0.3, -0.25) is 14.6 Å². The lowest BCUT2D eigenvalue weighted by molar-refractivity contribution is -0.131. The van der Waals surface area contributed by atoms with Crippen LogP contribution in [0.1, 0.15) is 88.3 Å². The second kappa shape index (κ2) is 12.5. The third-order valence-electron chi connectivity index (χ3n) is 6.91. The van der Waals surface area contributed by atoms with E-state index in [0.29, 0.717) is 24.0 Å². The maximum atomic E-state index is 14.1. The van der Waals surface area contributed by atoms with Gasteiger partial charge in [-0.15, -0.1) is 5.11 Å². The predicted molar refractivity (Wildman–Crippen MR) is 155 cm³/mol. The summed E-state index contributed by atoms with van der Waals surface area (Å²) >= 11 is 0. The minimum Gasteiger partial charge on any atom is -0.345 e. The number of halogens is 1. The Balaban J connectivity index is 2.01. The molecule has 0 saturated heterocycles. The van der Waals surface area contributed by atoms with E-state index in [1.54, 1.807) is 24.3 Å². The van der Waals surface area contributed by atoms with Crippen molar-refractivity contribution in [1.82, 2.24) is 10.2 Å². The lowest BCUT2D eigenvalue weighted by atomic mass is 9.85. The van der Waals surface area contributed by atoms with Gasteiger partial charge in [0, 0.05) is 11.1 Å². The first-order chi connectivity index (χ1) is 18.8. The van der Waals surface area contributed by atoms with Gasteiger partial charge in [0.2, 0.25) is 0 Å². The second-order valence-corrected chi connectivity index (χ2v) is 12.0. The van der Waals surface area contributed by atoms with Crippen molar-refractivity contribution < 1.29 is 14.0 Å². The zero-order chi connectivity index (χ0) is 29.7. The average Bonchev–Trinajstić information content (AvgIpc) is 3.14. The summed E-state index contributed by atoms with van der Waals surface area (Å²) < 4.78 is 14.1. The van der Waals surface area contributed by atoms with Crippen LogP contribution in [-0.2, 0) is 4.79 Å². The normalized spacial score (nSPS) is 18.6. The van der Waals surface area contributed by atoms with Gasteiger partial charge in [0.05, 0.1) is 12.6 Å². The fraction of sp³-hybridized carbons (Fsp3) is 0.467. The first-order valence-electron chi connectivity index (χ1n) is 13.5. The Hall–Kier alpha value is -3.95. The van der Waals surface area contributed by atoms with Crippen molar-refractivity contribution in [1.29, 1.82) is 5.53 Å². The van der Waals surface area contributed by atoms with Gasteiger partial charge >= 0.3 is 0 Å². The van der Waals surface area contributed by atoms with Crippen molar-refractivity contribution in [2.75, 3.05) is 6.54 Å². The Kier molecular flexibility index (Phi) is 9.55. The Labute approximate surface area is 235 Å². The molecule has 0 spiro atoms. The molecule has 1 aliphatic heterocycles. The van der Waals surface area contributed by atoms with E-state index in [9.17, 15) is 14.0 Å². The van der Waals surface area contributed by atoms with E-state index >= 15 is 0 Å². The number of nitrogens with two attached hydrogens (primary N) is 1. The Morgan fingerprint density at radius 1 is 1.20 bits per heavy atom. The van der Waals surface area contributed by atoms with E-state index < -0.39 is 11.5 Å². The number of hydrogen-bond donors (Lipinski definition) is 3. The second-order valence-electron chi connectivity index (χ2n) is 12.0. The largest absolute Gasteiger partial charge is 0.345 e. The maximum Gasteiger partial charge on any atom is 0.275 e. The predicted octanol–water partition coefficient (Wildman–Crippen LogP) is 5.82. The quantitative estimate of drug-likeness (QED) is 0.113. The van der Waals surface area contributed by atoms with Crippen molar-refractivity contribution in [3.63, 3.8) is 0 Å². The van der Waals surface area contributed by atoms with Gasteiger partial charge in [-0.25, -0.2) is 9.92 Å². The van der Waals surface area contributed by atoms with Gasteiger partial charge in [0.1, 0.15) is 17.2 Å². The summed E-state index contributed by atoms with van der Waals surface area (Å²) in [5.41, 5.74) is 8.23. The van der Waals surface area contributed by atoms with Crippen molar-refractivity contribution >= 4 is 23.4 Å². The highest BCUT2D eigenvalue weighted by atomic mass is 19.1. The number of nitrogens with one attached hydrogen (secondary N) is 2. The summed E-state index contributed by atoms with van der Waals surface area (Å²) in [5.74, 6) is 4.40. The van der Waals surface area contributed by atoms with E-state index in [-0.39, 0.29) is 47.3 Å². The molecule has 2 amide bonds. The van der Waals surface area contributed by atoms with Crippen LogP contribution in [0.15, 0.2) is 63.7 Å². The molecular weight excluding hydrogens is 509 g/mol. The van der Waals surface area contributed by atoms with E-state index in [2.05, 4.69) is 50.2 Å². The van der Waals surface area contributed by atoms with E-state index in [0.717, 1.165) is 12.0 Å². The molecular formula is C30H40FN7O2. The standard InChI is InChI=1S/C30H40FN7O2/c1-19(2)17-30(6)35-26(22-8-7-9-23(31)16-22)28(40)38(30)24(14-15-29(3,4)5)20-10-12-21(13-11-20)27(39)34-18-25(36-32)37-33/h7-13,16,19,24,32H,14-15,17-18,33H2,1-6H3,(H,34,39)/b36-32?,37-25-/t24-,30?/m1/s1. The number of benzene rings is 2. The maximum absolute atomic E-state index is 14.1. The highest BCUT2D eigenvalue weighted by molar-refractivity contribution is 6.46. The van der Waals surface area contributed by atoms with Crippen LogP contribution in [0.4, 0.5) is 4.39 Å². The van der Waals surface area contributed by atoms with Crippen molar-refractivity contribution in [2.24, 2.45) is 32.4 Å². The topological polar surface area (TPSA) is 136 Å². The minimum absolute atomic E-state index is 0.00157. The number of amides is 2. The summed E-state index contributed by atoms with van der Waals surface area (Å²) in [6.45, 7) is 12.6. The van der Waals surface area contributed by atoms with Gasteiger partial charge in [-0.2, -0.15) is 5.10 Å². The SMILES string of the molecule is CC(C)CC1(C)N=C(c2cccc(F)c2)C(=O)N1[C@H](CCC(C)(C)C)c1ccc(C(=O)NC/C(N=N)=N/N)cc1. The lowest BCUT2D eigenvalue weighted by Crippen LogP contribution is -2.48. The monoisotopic (exact) mass is 549 g/mol. The molecule has 1 aliphatic rings. The molecule has 1 unspecified atom stereocenters. The van der Waals surface area contributed by atoms with Gasteiger partial charge in [-0.05, 0) is 67.3 Å². The molecule has 0 fully saturated rings. The molecule has 10 heteroatoms. The van der Waals surface area contributed by atoms with Crippen LogP contribution in [0.3, 0.4) is 0 Å². The molecule has 0 radical (unpaired) electrons. The Morgan fingerprint density at radius 2 is 1.88 bits per heavy atom. The van der Waals surface area contributed by atoms with E-state index in [1.807, 2.05) is 24.0 Å².